The molecule has 1 aliphatic carbocycles. The van der Waals surface area contributed by atoms with Gasteiger partial charge in [-0.15, -0.1) is 0 Å². The number of nitrogens with zero attached hydrogens (tertiary/aromatic N) is 1. The summed E-state index contributed by atoms with van der Waals surface area (Å²) in [6, 6.07) is 0. The second kappa shape index (κ2) is 5.07. The van der Waals surface area contributed by atoms with Crippen molar-refractivity contribution in [3.8, 4) is 0 Å². The summed E-state index contributed by atoms with van der Waals surface area (Å²) < 4.78 is 0. The number of hydrogen-bond donors (Lipinski definition) is 1. The Hall–Kier alpha value is -0.410. The molecule has 1 aliphatic heterocycles. The minimum absolute atomic E-state index is 0.0819. The summed E-state index contributed by atoms with van der Waals surface area (Å²) in [6.45, 7) is 4.69. The second-order valence-electron chi connectivity index (χ2n) is 6.31. The molecule has 17 heavy (non-hydrogen) atoms. The van der Waals surface area contributed by atoms with Crippen LogP contribution in [-0.2, 0) is 4.79 Å². The molecular weight excluding hydrogens is 214 g/mol. The smallest absolute Gasteiger partial charge is 0.127 e. The van der Waals surface area contributed by atoms with Gasteiger partial charge < -0.3 is 14.8 Å². The van der Waals surface area contributed by atoms with Crippen LogP contribution < -0.4 is 0 Å². The topological polar surface area (TPSA) is 40.5 Å². The molecule has 1 N–H and O–H groups in total. The Morgan fingerprint density at radius 1 is 1.12 bits per heavy atom. The third kappa shape index (κ3) is 3.29. The van der Waals surface area contributed by atoms with Gasteiger partial charge in [0, 0.05) is 25.0 Å². The van der Waals surface area contributed by atoms with E-state index in [0.29, 0.717) is 0 Å². The fourth-order valence-electron chi connectivity index (χ4n) is 3.21. The summed E-state index contributed by atoms with van der Waals surface area (Å²) >= 11 is 0. The van der Waals surface area contributed by atoms with Gasteiger partial charge in [0.25, 0.3) is 0 Å². The predicted octanol–water partition coefficient (Wildman–Crippen LogP) is 1.98. The molecule has 98 valence electrons. The van der Waals surface area contributed by atoms with Crippen molar-refractivity contribution >= 4 is 6.29 Å². The highest BCUT2D eigenvalue weighted by Crippen LogP contribution is 2.36. The average molecular weight is 239 g/mol. The number of rotatable bonds is 3. The molecule has 2 rings (SSSR count). The molecule has 0 atom stereocenters. The number of piperidine rings is 1. The lowest BCUT2D eigenvalue weighted by Gasteiger charge is -2.41. The van der Waals surface area contributed by atoms with Gasteiger partial charge >= 0.3 is 0 Å². The molecule has 0 spiro atoms. The van der Waals surface area contributed by atoms with Crippen LogP contribution in [0.1, 0.15) is 51.9 Å². The lowest BCUT2D eigenvalue weighted by Crippen LogP contribution is -2.47. The molecule has 2 fully saturated rings. The molecule has 0 aromatic carbocycles. The predicted molar refractivity (Wildman–Crippen MR) is 67.9 cm³/mol. The van der Waals surface area contributed by atoms with Crippen LogP contribution >= 0.6 is 0 Å². The minimum Gasteiger partial charge on any atom is -0.390 e. The number of carbonyl (C=O) groups is 1. The lowest BCUT2D eigenvalue weighted by molar-refractivity contribution is -0.119. The van der Waals surface area contributed by atoms with Gasteiger partial charge in [-0.25, -0.2) is 0 Å². The molecule has 0 amide bonds. The Kier molecular flexibility index (Phi) is 3.88. The van der Waals surface area contributed by atoms with Crippen LogP contribution in [0.2, 0.25) is 0 Å². The highest BCUT2D eigenvalue weighted by Gasteiger charge is 2.36. The monoisotopic (exact) mass is 239 g/mol. The highest BCUT2D eigenvalue weighted by atomic mass is 16.3. The van der Waals surface area contributed by atoms with Crippen LogP contribution in [0.3, 0.4) is 0 Å². The molecule has 1 saturated heterocycles. The zero-order chi connectivity index (χ0) is 12.4. The zero-order valence-corrected chi connectivity index (χ0v) is 11.0. The quantitative estimate of drug-likeness (QED) is 0.766. The van der Waals surface area contributed by atoms with Gasteiger partial charge in [-0.2, -0.15) is 0 Å². The van der Waals surface area contributed by atoms with Crippen molar-refractivity contribution in [1.82, 2.24) is 4.90 Å². The average Bonchev–Trinajstić information content (AvgIpc) is 2.33. The van der Waals surface area contributed by atoms with E-state index in [0.717, 1.165) is 45.3 Å². The summed E-state index contributed by atoms with van der Waals surface area (Å²) in [5.41, 5.74) is -0.571. The lowest BCUT2D eigenvalue weighted by atomic mass is 9.74. The molecule has 0 aromatic rings. The molecule has 0 unspecified atom stereocenters. The number of aldehydes is 1. The molecule has 0 radical (unpaired) electrons. The van der Waals surface area contributed by atoms with E-state index in [1.54, 1.807) is 0 Å². The van der Waals surface area contributed by atoms with E-state index in [1.807, 2.05) is 6.92 Å². The molecule has 3 nitrogen and oxygen atoms in total. The fraction of sp³-hybridized carbons (Fsp3) is 0.929. The van der Waals surface area contributed by atoms with Crippen LogP contribution in [0.15, 0.2) is 0 Å². The van der Waals surface area contributed by atoms with Crippen molar-refractivity contribution in [3.63, 3.8) is 0 Å². The van der Waals surface area contributed by atoms with Gasteiger partial charge in [-0.05, 0) is 32.6 Å². The third-order valence-corrected chi connectivity index (χ3v) is 4.57. The summed E-state index contributed by atoms with van der Waals surface area (Å²) in [7, 11) is 0. The number of hydrogen-bond acceptors (Lipinski definition) is 3. The van der Waals surface area contributed by atoms with Crippen LogP contribution in [0.25, 0.3) is 0 Å². The van der Waals surface area contributed by atoms with E-state index < -0.39 is 5.60 Å². The number of aliphatic hydroxyl groups is 1. The van der Waals surface area contributed by atoms with Gasteiger partial charge in [-0.1, -0.05) is 19.3 Å². The summed E-state index contributed by atoms with van der Waals surface area (Å²) in [6.07, 6.45) is 8.68. The Balaban J connectivity index is 1.89. The first-order chi connectivity index (χ1) is 8.05. The molecular formula is C14H25NO2. The van der Waals surface area contributed by atoms with Crippen LogP contribution in [0.4, 0.5) is 0 Å². The first kappa shape index (κ1) is 13.0. The van der Waals surface area contributed by atoms with Crippen molar-refractivity contribution < 1.29 is 9.90 Å². The summed E-state index contributed by atoms with van der Waals surface area (Å²) in [5.74, 6) is 0. The molecule has 1 heterocycles. The first-order valence-electron chi connectivity index (χ1n) is 6.96. The van der Waals surface area contributed by atoms with Gasteiger partial charge in [0.2, 0.25) is 0 Å². The van der Waals surface area contributed by atoms with Crippen molar-refractivity contribution in [2.75, 3.05) is 19.6 Å². The van der Waals surface area contributed by atoms with Crippen LogP contribution in [0.5, 0.6) is 0 Å². The second-order valence-corrected chi connectivity index (χ2v) is 6.31. The van der Waals surface area contributed by atoms with Crippen molar-refractivity contribution in [2.24, 2.45) is 5.41 Å². The van der Waals surface area contributed by atoms with Crippen LogP contribution in [0, 0.1) is 5.41 Å². The largest absolute Gasteiger partial charge is 0.390 e. The van der Waals surface area contributed by atoms with E-state index in [4.69, 9.17) is 0 Å². The Labute approximate surface area is 104 Å². The normalized spacial score (nSPS) is 28.8. The van der Waals surface area contributed by atoms with Gasteiger partial charge in [0.1, 0.15) is 6.29 Å². The van der Waals surface area contributed by atoms with Gasteiger partial charge in [0.15, 0.2) is 0 Å². The molecule has 1 saturated carbocycles. The van der Waals surface area contributed by atoms with E-state index in [9.17, 15) is 9.90 Å². The Bertz CT molecular complexity index is 259. The third-order valence-electron chi connectivity index (χ3n) is 4.57. The van der Waals surface area contributed by atoms with E-state index >= 15 is 0 Å². The summed E-state index contributed by atoms with van der Waals surface area (Å²) in [4.78, 5) is 13.8. The summed E-state index contributed by atoms with van der Waals surface area (Å²) in [5, 5.41) is 9.92. The molecule has 0 aromatic heterocycles. The van der Waals surface area contributed by atoms with Crippen molar-refractivity contribution in [1.29, 1.82) is 0 Å². The molecule has 2 aliphatic rings. The maximum absolute atomic E-state index is 11.4. The highest BCUT2D eigenvalue weighted by molar-refractivity contribution is 5.60. The van der Waals surface area contributed by atoms with Crippen LogP contribution in [-0.4, -0.2) is 41.5 Å². The SMILES string of the molecule is CC1(O)CCN(CC2(C=O)CCCCC2)CC1. The van der Waals surface area contributed by atoms with Gasteiger partial charge in [0.05, 0.1) is 5.60 Å². The van der Waals surface area contributed by atoms with E-state index in [1.165, 1.54) is 25.5 Å². The van der Waals surface area contributed by atoms with Crippen molar-refractivity contribution in [3.05, 3.63) is 0 Å². The molecule has 3 heteroatoms. The number of carbonyl (C=O) groups excluding carboxylic acids is 1. The Morgan fingerprint density at radius 2 is 1.71 bits per heavy atom. The standard InChI is InChI=1S/C14H25NO2/c1-13(17)7-9-15(10-8-13)11-14(12-16)5-3-2-4-6-14/h12,17H,2-11H2,1H3. The maximum Gasteiger partial charge on any atom is 0.127 e. The van der Waals surface area contributed by atoms with E-state index in [-0.39, 0.29) is 5.41 Å². The zero-order valence-electron chi connectivity index (χ0n) is 11.0. The first-order valence-corrected chi connectivity index (χ1v) is 6.96. The number of likely N-dealkylation sites (tertiary alicyclic amines) is 1. The van der Waals surface area contributed by atoms with Gasteiger partial charge in [-0.3, -0.25) is 0 Å². The molecule has 0 bridgehead atoms. The van der Waals surface area contributed by atoms with E-state index in [2.05, 4.69) is 4.90 Å². The van der Waals surface area contributed by atoms with Crippen molar-refractivity contribution in [2.45, 2.75) is 57.5 Å². The fourth-order valence-corrected chi connectivity index (χ4v) is 3.21. The Morgan fingerprint density at radius 3 is 2.24 bits per heavy atom. The minimum atomic E-state index is -0.489. The maximum atomic E-state index is 11.4.